The Kier molecular flexibility index (Phi) is 7.11. The molecule has 1 saturated carbocycles. The van der Waals surface area contributed by atoms with Gasteiger partial charge in [-0.2, -0.15) is 0 Å². The molecule has 1 aliphatic carbocycles. The average Bonchev–Trinajstić information content (AvgIpc) is 2.22. The van der Waals surface area contributed by atoms with E-state index >= 15 is 0 Å². The van der Waals surface area contributed by atoms with Gasteiger partial charge in [0.2, 0.25) is 0 Å². The van der Waals surface area contributed by atoms with Crippen molar-refractivity contribution >= 4 is 0 Å². The lowest BCUT2D eigenvalue weighted by Gasteiger charge is -2.22. The predicted molar refractivity (Wildman–Crippen MR) is 72.5 cm³/mol. The molecule has 96 valence electrons. The zero-order chi connectivity index (χ0) is 11.8. The zero-order valence-electron chi connectivity index (χ0n) is 11.4. The minimum atomic E-state index is 0.483. The molecule has 16 heavy (non-hydrogen) atoms. The van der Waals surface area contributed by atoms with E-state index in [0.29, 0.717) is 6.04 Å². The summed E-state index contributed by atoms with van der Waals surface area (Å²) in [5.41, 5.74) is 6.11. The largest absolute Gasteiger partial charge is 0.328 e. The third-order valence-corrected chi connectivity index (χ3v) is 4.24. The summed E-state index contributed by atoms with van der Waals surface area (Å²) in [5, 5.41) is 0. The molecule has 1 nitrogen and oxygen atoms in total. The fourth-order valence-electron chi connectivity index (χ4n) is 2.94. The van der Waals surface area contributed by atoms with Gasteiger partial charge in [-0.1, -0.05) is 65.2 Å². The van der Waals surface area contributed by atoms with E-state index in [0.717, 1.165) is 11.8 Å². The quantitative estimate of drug-likeness (QED) is 0.698. The second-order valence-electron chi connectivity index (χ2n) is 6.04. The van der Waals surface area contributed by atoms with E-state index in [1.54, 1.807) is 0 Å². The molecule has 1 rings (SSSR count). The van der Waals surface area contributed by atoms with Crippen molar-refractivity contribution in [3.05, 3.63) is 0 Å². The van der Waals surface area contributed by atoms with Crippen LogP contribution in [0.4, 0.5) is 0 Å². The van der Waals surface area contributed by atoms with Gasteiger partial charge < -0.3 is 5.73 Å². The van der Waals surface area contributed by atoms with E-state index in [1.807, 2.05) is 0 Å². The summed E-state index contributed by atoms with van der Waals surface area (Å²) >= 11 is 0. The lowest BCUT2D eigenvalue weighted by molar-refractivity contribution is 0.307. The maximum Gasteiger partial charge on any atom is 0.00388 e. The molecule has 2 unspecified atom stereocenters. The zero-order valence-corrected chi connectivity index (χ0v) is 11.4. The summed E-state index contributed by atoms with van der Waals surface area (Å²) in [7, 11) is 0. The molecule has 2 N–H and O–H groups in total. The van der Waals surface area contributed by atoms with Crippen LogP contribution in [-0.2, 0) is 0 Å². The van der Waals surface area contributed by atoms with Crippen LogP contribution < -0.4 is 5.73 Å². The Morgan fingerprint density at radius 3 is 1.75 bits per heavy atom. The Morgan fingerprint density at radius 2 is 1.19 bits per heavy atom. The maximum atomic E-state index is 6.11. The SMILES string of the molecule is CC(C)C1CCCCCCC(N)CCCC1. The van der Waals surface area contributed by atoms with Crippen LogP contribution in [0.2, 0.25) is 0 Å². The van der Waals surface area contributed by atoms with Gasteiger partial charge in [0.25, 0.3) is 0 Å². The van der Waals surface area contributed by atoms with Crippen LogP contribution in [0.1, 0.15) is 78.1 Å². The minimum Gasteiger partial charge on any atom is -0.328 e. The van der Waals surface area contributed by atoms with Gasteiger partial charge in [0, 0.05) is 6.04 Å². The summed E-state index contributed by atoms with van der Waals surface area (Å²) in [6.07, 6.45) is 13.8. The molecule has 0 bridgehead atoms. The second kappa shape index (κ2) is 8.11. The fraction of sp³-hybridized carbons (Fsp3) is 1.00. The first-order valence-corrected chi connectivity index (χ1v) is 7.45. The Bertz CT molecular complexity index is 165. The highest BCUT2D eigenvalue weighted by molar-refractivity contribution is 4.68. The lowest BCUT2D eigenvalue weighted by Crippen LogP contribution is -2.20. The summed E-state index contributed by atoms with van der Waals surface area (Å²) in [6.45, 7) is 4.78. The van der Waals surface area contributed by atoms with Gasteiger partial charge in [-0.3, -0.25) is 0 Å². The first-order valence-electron chi connectivity index (χ1n) is 7.45. The van der Waals surface area contributed by atoms with Gasteiger partial charge in [0.05, 0.1) is 0 Å². The summed E-state index contributed by atoms with van der Waals surface area (Å²) in [5.74, 6) is 1.84. The van der Waals surface area contributed by atoms with Crippen molar-refractivity contribution in [1.82, 2.24) is 0 Å². The van der Waals surface area contributed by atoms with Crippen LogP contribution in [-0.4, -0.2) is 6.04 Å². The number of hydrogen-bond donors (Lipinski definition) is 1. The molecule has 0 aromatic rings. The van der Waals surface area contributed by atoms with Crippen LogP contribution in [0.5, 0.6) is 0 Å². The standard InChI is InChI=1S/C15H31N/c1-13(2)14-9-5-3-4-6-11-15(16)12-8-7-10-14/h13-15H,3-12,16H2,1-2H3. The van der Waals surface area contributed by atoms with Gasteiger partial charge in [-0.25, -0.2) is 0 Å². The normalized spacial score (nSPS) is 30.8. The molecule has 0 heterocycles. The average molecular weight is 225 g/mol. The summed E-state index contributed by atoms with van der Waals surface area (Å²) in [6, 6.07) is 0.483. The molecule has 0 spiro atoms. The third kappa shape index (κ3) is 5.89. The monoisotopic (exact) mass is 225 g/mol. The van der Waals surface area contributed by atoms with E-state index in [1.165, 1.54) is 64.2 Å². The van der Waals surface area contributed by atoms with Crippen molar-refractivity contribution in [3.8, 4) is 0 Å². The maximum absolute atomic E-state index is 6.11. The lowest BCUT2D eigenvalue weighted by atomic mass is 9.85. The minimum absolute atomic E-state index is 0.483. The Morgan fingerprint density at radius 1 is 0.750 bits per heavy atom. The van der Waals surface area contributed by atoms with Crippen molar-refractivity contribution in [1.29, 1.82) is 0 Å². The molecule has 0 amide bonds. The second-order valence-corrected chi connectivity index (χ2v) is 6.04. The number of hydrogen-bond acceptors (Lipinski definition) is 1. The molecule has 1 aliphatic rings. The van der Waals surface area contributed by atoms with Crippen molar-refractivity contribution in [3.63, 3.8) is 0 Å². The molecule has 2 atom stereocenters. The predicted octanol–water partition coefficient (Wildman–Crippen LogP) is 4.50. The highest BCUT2D eigenvalue weighted by Crippen LogP contribution is 2.26. The van der Waals surface area contributed by atoms with E-state index in [2.05, 4.69) is 13.8 Å². The molecular weight excluding hydrogens is 194 g/mol. The van der Waals surface area contributed by atoms with E-state index in [9.17, 15) is 0 Å². The Labute approximate surface area is 102 Å². The molecule has 0 aromatic heterocycles. The van der Waals surface area contributed by atoms with Crippen LogP contribution in [0, 0.1) is 11.8 Å². The Hall–Kier alpha value is -0.0400. The first kappa shape index (κ1) is 14.0. The summed E-state index contributed by atoms with van der Waals surface area (Å²) < 4.78 is 0. The van der Waals surface area contributed by atoms with E-state index in [-0.39, 0.29) is 0 Å². The van der Waals surface area contributed by atoms with Crippen LogP contribution in [0.3, 0.4) is 0 Å². The topological polar surface area (TPSA) is 26.0 Å². The van der Waals surface area contributed by atoms with Gasteiger partial charge in [0.15, 0.2) is 0 Å². The van der Waals surface area contributed by atoms with Crippen LogP contribution >= 0.6 is 0 Å². The molecule has 1 fully saturated rings. The van der Waals surface area contributed by atoms with Gasteiger partial charge >= 0.3 is 0 Å². The molecule has 0 aromatic carbocycles. The van der Waals surface area contributed by atoms with Gasteiger partial charge in [-0.15, -0.1) is 0 Å². The van der Waals surface area contributed by atoms with E-state index in [4.69, 9.17) is 5.73 Å². The highest BCUT2D eigenvalue weighted by atomic mass is 14.6. The molecule has 0 saturated heterocycles. The van der Waals surface area contributed by atoms with Crippen molar-refractivity contribution in [2.75, 3.05) is 0 Å². The molecule has 1 heteroatoms. The first-order chi connectivity index (χ1) is 7.70. The van der Waals surface area contributed by atoms with Gasteiger partial charge in [0.1, 0.15) is 0 Å². The highest BCUT2D eigenvalue weighted by Gasteiger charge is 2.13. The molecule has 0 radical (unpaired) electrons. The van der Waals surface area contributed by atoms with Crippen LogP contribution in [0.15, 0.2) is 0 Å². The fourth-order valence-corrected chi connectivity index (χ4v) is 2.94. The van der Waals surface area contributed by atoms with E-state index < -0.39 is 0 Å². The molecule has 0 aliphatic heterocycles. The van der Waals surface area contributed by atoms with Crippen molar-refractivity contribution in [2.24, 2.45) is 17.6 Å². The Balaban J connectivity index is 2.32. The van der Waals surface area contributed by atoms with Gasteiger partial charge in [-0.05, 0) is 24.7 Å². The smallest absolute Gasteiger partial charge is 0.00388 e. The summed E-state index contributed by atoms with van der Waals surface area (Å²) in [4.78, 5) is 0. The molecular formula is C15H31N. The van der Waals surface area contributed by atoms with Crippen LogP contribution in [0.25, 0.3) is 0 Å². The third-order valence-electron chi connectivity index (χ3n) is 4.24. The van der Waals surface area contributed by atoms with Crippen molar-refractivity contribution < 1.29 is 0 Å². The van der Waals surface area contributed by atoms with Crippen molar-refractivity contribution in [2.45, 2.75) is 84.1 Å². The number of nitrogens with two attached hydrogens (primary N) is 1. The number of rotatable bonds is 1.